The van der Waals surface area contributed by atoms with Crippen LogP contribution in [0.4, 0.5) is 0 Å². The molecule has 0 saturated heterocycles. The molecule has 0 bridgehead atoms. The van der Waals surface area contributed by atoms with Gasteiger partial charge in [0.25, 0.3) is 0 Å². The van der Waals surface area contributed by atoms with E-state index in [1.807, 2.05) is 0 Å². The second-order valence-corrected chi connectivity index (χ2v) is 1.22. The number of likely N-dealkylation sites (N-methyl/N-ethyl adjacent to an activating group) is 1. The van der Waals surface area contributed by atoms with Crippen molar-refractivity contribution in [2.24, 2.45) is 5.73 Å². The summed E-state index contributed by atoms with van der Waals surface area (Å²) in [7, 11) is 1.50. The molecule has 2 atom stereocenters. The zero-order chi connectivity index (χ0) is 5.86. The van der Waals surface area contributed by atoms with Crippen molar-refractivity contribution >= 4 is 0 Å². The molecule has 7 heavy (non-hydrogen) atoms. The molecule has 0 heterocycles. The van der Waals surface area contributed by atoms with Gasteiger partial charge in [0.2, 0.25) is 0 Å². The molecule has 0 amide bonds. The maximum absolute atomic E-state index is 8.45. The Morgan fingerprint density at radius 2 is 2.00 bits per heavy atom. The summed E-state index contributed by atoms with van der Waals surface area (Å²) >= 11 is 0. The van der Waals surface area contributed by atoms with Crippen LogP contribution in [0.15, 0.2) is 0 Å². The van der Waals surface area contributed by atoms with Crippen LogP contribution in [-0.4, -0.2) is 29.7 Å². The Balaban J connectivity index is 3.14. The van der Waals surface area contributed by atoms with Crippen LogP contribution in [0.3, 0.4) is 0 Å². The van der Waals surface area contributed by atoms with E-state index in [2.05, 4.69) is 5.32 Å². The van der Waals surface area contributed by atoms with E-state index in [4.69, 9.17) is 15.9 Å². The van der Waals surface area contributed by atoms with Gasteiger partial charge in [-0.05, 0) is 7.05 Å². The molecule has 0 aliphatic carbocycles. The highest BCUT2D eigenvalue weighted by molar-refractivity contribution is 4.51. The molecule has 4 nitrogen and oxygen atoms in total. The molecule has 0 aliphatic heterocycles. The maximum Gasteiger partial charge on any atom is 0.144 e. The van der Waals surface area contributed by atoms with Crippen LogP contribution in [0, 0.1) is 0 Å². The van der Waals surface area contributed by atoms with Gasteiger partial charge in [-0.15, -0.1) is 0 Å². The van der Waals surface area contributed by atoms with E-state index < -0.39 is 12.5 Å². The predicted octanol–water partition coefficient (Wildman–Crippen LogP) is -2.20. The number of nitrogens with two attached hydrogens (primary N) is 1. The molecule has 0 aliphatic rings. The van der Waals surface area contributed by atoms with Gasteiger partial charge in [-0.1, -0.05) is 0 Å². The Labute approximate surface area is 41.9 Å². The molecule has 44 valence electrons. The molecule has 2 unspecified atom stereocenters. The van der Waals surface area contributed by atoms with Crippen molar-refractivity contribution in [2.45, 2.75) is 12.5 Å². The summed E-state index contributed by atoms with van der Waals surface area (Å²) in [6.07, 6.45) is -2.20. The molecule has 0 aromatic heterocycles. The Hall–Kier alpha value is -0.160. The molecule has 0 aromatic rings. The minimum absolute atomic E-state index is 1.01. The second kappa shape index (κ2) is 2.92. The number of aliphatic hydroxyl groups excluding tert-OH is 2. The largest absolute Gasteiger partial charge is 0.375 e. The lowest BCUT2D eigenvalue weighted by molar-refractivity contribution is 0.00726. The van der Waals surface area contributed by atoms with Gasteiger partial charge in [0, 0.05) is 0 Å². The first-order valence-electron chi connectivity index (χ1n) is 1.97. The van der Waals surface area contributed by atoms with E-state index >= 15 is 0 Å². The zero-order valence-electron chi connectivity index (χ0n) is 4.13. The van der Waals surface area contributed by atoms with Gasteiger partial charge >= 0.3 is 0 Å². The van der Waals surface area contributed by atoms with E-state index in [9.17, 15) is 0 Å². The zero-order valence-corrected chi connectivity index (χ0v) is 4.13. The summed E-state index contributed by atoms with van der Waals surface area (Å²) in [6, 6.07) is 0. The molecule has 0 radical (unpaired) electrons. The van der Waals surface area contributed by atoms with Crippen molar-refractivity contribution < 1.29 is 10.2 Å². The summed E-state index contributed by atoms with van der Waals surface area (Å²) in [5, 5.41) is 19.1. The Morgan fingerprint density at radius 3 is 2.00 bits per heavy atom. The lowest BCUT2D eigenvalue weighted by Crippen LogP contribution is -2.42. The van der Waals surface area contributed by atoms with Crippen molar-refractivity contribution in [3.05, 3.63) is 0 Å². The lowest BCUT2D eigenvalue weighted by atomic mass is 10.5. The number of hydrogen-bond acceptors (Lipinski definition) is 4. The average Bonchev–Trinajstić information content (AvgIpc) is 1.65. The fourth-order valence-electron chi connectivity index (χ4n) is 0.171. The number of rotatable bonds is 2. The Morgan fingerprint density at radius 1 is 1.57 bits per heavy atom. The normalized spacial score (nSPS) is 18.9. The molecule has 0 saturated carbocycles. The van der Waals surface area contributed by atoms with Gasteiger partial charge in [0.15, 0.2) is 0 Å². The van der Waals surface area contributed by atoms with E-state index in [1.165, 1.54) is 7.05 Å². The molecular formula is C3H10N2O2. The predicted molar refractivity (Wildman–Crippen MR) is 25.3 cm³/mol. The van der Waals surface area contributed by atoms with Gasteiger partial charge in [0.05, 0.1) is 0 Å². The number of nitrogens with one attached hydrogen (secondary N) is 1. The molecular weight excluding hydrogens is 96.0 g/mol. The highest BCUT2D eigenvalue weighted by Crippen LogP contribution is 1.74. The second-order valence-electron chi connectivity index (χ2n) is 1.22. The average molecular weight is 106 g/mol. The topological polar surface area (TPSA) is 78.5 Å². The summed E-state index contributed by atoms with van der Waals surface area (Å²) in [4.78, 5) is 0. The van der Waals surface area contributed by atoms with Crippen molar-refractivity contribution in [3.63, 3.8) is 0 Å². The smallest absolute Gasteiger partial charge is 0.144 e. The third-order valence-corrected chi connectivity index (χ3v) is 0.619. The van der Waals surface area contributed by atoms with Crippen LogP contribution in [-0.2, 0) is 0 Å². The Kier molecular flexibility index (Phi) is 2.86. The van der Waals surface area contributed by atoms with Gasteiger partial charge in [0.1, 0.15) is 12.5 Å². The van der Waals surface area contributed by atoms with Crippen LogP contribution in [0.25, 0.3) is 0 Å². The van der Waals surface area contributed by atoms with E-state index in [-0.39, 0.29) is 0 Å². The van der Waals surface area contributed by atoms with Gasteiger partial charge in [-0.25, -0.2) is 0 Å². The molecule has 0 spiro atoms. The van der Waals surface area contributed by atoms with Crippen LogP contribution in [0.5, 0.6) is 0 Å². The maximum atomic E-state index is 8.45. The molecule has 0 aromatic carbocycles. The first kappa shape index (κ1) is 6.84. The van der Waals surface area contributed by atoms with Crippen molar-refractivity contribution in [3.8, 4) is 0 Å². The number of aliphatic hydroxyl groups is 2. The lowest BCUT2D eigenvalue weighted by Gasteiger charge is -2.10. The fourth-order valence-corrected chi connectivity index (χ4v) is 0.171. The van der Waals surface area contributed by atoms with Crippen LogP contribution in [0.1, 0.15) is 0 Å². The van der Waals surface area contributed by atoms with E-state index in [0.717, 1.165) is 0 Å². The summed E-state index contributed by atoms with van der Waals surface area (Å²) in [5.41, 5.74) is 4.79. The molecule has 0 rings (SSSR count). The molecule has 4 heteroatoms. The molecule has 0 fully saturated rings. The van der Waals surface area contributed by atoms with Crippen molar-refractivity contribution in [2.75, 3.05) is 7.05 Å². The van der Waals surface area contributed by atoms with Gasteiger partial charge in [-0.3, -0.25) is 5.32 Å². The van der Waals surface area contributed by atoms with E-state index in [1.54, 1.807) is 0 Å². The van der Waals surface area contributed by atoms with Crippen molar-refractivity contribution in [1.82, 2.24) is 5.32 Å². The van der Waals surface area contributed by atoms with E-state index in [0.29, 0.717) is 0 Å². The quantitative estimate of drug-likeness (QED) is 0.301. The third kappa shape index (κ3) is 2.52. The van der Waals surface area contributed by atoms with Crippen LogP contribution < -0.4 is 11.1 Å². The highest BCUT2D eigenvalue weighted by Gasteiger charge is 2.04. The van der Waals surface area contributed by atoms with Gasteiger partial charge < -0.3 is 15.9 Å². The first-order valence-corrected chi connectivity index (χ1v) is 1.97. The monoisotopic (exact) mass is 106 g/mol. The van der Waals surface area contributed by atoms with Crippen molar-refractivity contribution in [1.29, 1.82) is 0 Å². The third-order valence-electron chi connectivity index (χ3n) is 0.619. The summed E-state index contributed by atoms with van der Waals surface area (Å²) in [5.74, 6) is 0. The minimum atomic E-state index is -1.19. The number of hydrogen-bond donors (Lipinski definition) is 4. The minimum Gasteiger partial charge on any atom is -0.375 e. The van der Waals surface area contributed by atoms with Crippen LogP contribution in [0.2, 0.25) is 0 Å². The standard InChI is InChI=1S/C3H10N2O2/c1-5-3(7)2(4)6/h2-3,5-7H,4H2,1H3. The summed E-state index contributed by atoms with van der Waals surface area (Å²) in [6.45, 7) is 0. The van der Waals surface area contributed by atoms with Crippen LogP contribution >= 0.6 is 0 Å². The Bertz CT molecular complexity index is 48.2. The highest BCUT2D eigenvalue weighted by atomic mass is 16.3. The SMILES string of the molecule is CNC(O)C(N)O. The molecule has 5 N–H and O–H groups in total. The summed E-state index contributed by atoms with van der Waals surface area (Å²) < 4.78 is 0. The first-order chi connectivity index (χ1) is 3.18. The fraction of sp³-hybridized carbons (Fsp3) is 1.00. The van der Waals surface area contributed by atoms with Gasteiger partial charge in [-0.2, -0.15) is 0 Å².